The number of benzene rings is 1. The summed E-state index contributed by atoms with van der Waals surface area (Å²) in [7, 11) is 0. The molecule has 20 heavy (non-hydrogen) atoms. The molecule has 1 aromatic carbocycles. The molecule has 2 unspecified atom stereocenters. The van der Waals surface area contributed by atoms with E-state index in [1.165, 1.54) is 6.08 Å². The molecular formula is C14H16N4O2. The van der Waals surface area contributed by atoms with Crippen LogP contribution in [-0.2, 0) is 4.79 Å². The first-order chi connectivity index (χ1) is 9.54. The lowest BCUT2D eigenvalue weighted by Gasteiger charge is -2.33. The molecule has 0 heterocycles. The zero-order chi connectivity index (χ0) is 14.8. The second kappa shape index (κ2) is 5.28. The number of carbonyl (C=O) groups excluding carboxylic acids is 2. The quantitative estimate of drug-likeness (QED) is 0.152. The summed E-state index contributed by atoms with van der Waals surface area (Å²) in [5, 5.41) is 0. The number of hydrogen-bond donors (Lipinski definition) is 4. The first kappa shape index (κ1) is 14.0. The Balaban J connectivity index is 2.57. The zero-order valence-electron chi connectivity index (χ0n) is 10.7. The molecule has 0 saturated heterocycles. The van der Waals surface area contributed by atoms with Crippen LogP contribution in [0.1, 0.15) is 10.4 Å². The fourth-order valence-corrected chi connectivity index (χ4v) is 2.26. The predicted molar refractivity (Wildman–Crippen MR) is 76.2 cm³/mol. The number of nitrogens with two attached hydrogens (primary N) is 3. The van der Waals surface area contributed by atoms with Crippen molar-refractivity contribution in [2.24, 2.45) is 17.0 Å². The Morgan fingerprint density at radius 2 is 1.90 bits per heavy atom. The van der Waals surface area contributed by atoms with E-state index in [2.05, 4.69) is 0 Å². The highest BCUT2D eigenvalue weighted by Gasteiger charge is 2.49. The minimum Gasteiger partial charge on any atom is -0.398 e. The van der Waals surface area contributed by atoms with Gasteiger partial charge < -0.3 is 11.5 Å². The minimum atomic E-state index is -1.58. The van der Waals surface area contributed by atoms with E-state index < -0.39 is 23.1 Å². The number of nitrogens with one attached hydrogen (secondary N) is 1. The minimum absolute atomic E-state index is 0.242. The number of hydrazine groups is 1. The number of Topliss-reactive ketones (excluding diaryl/α,β-unsaturated/α-hetero) is 1. The third kappa shape index (κ3) is 2.01. The average molecular weight is 272 g/mol. The van der Waals surface area contributed by atoms with Crippen molar-refractivity contribution < 1.29 is 9.59 Å². The van der Waals surface area contributed by atoms with Crippen molar-refractivity contribution in [1.82, 2.24) is 5.43 Å². The van der Waals surface area contributed by atoms with Gasteiger partial charge in [-0.2, -0.15) is 0 Å². The van der Waals surface area contributed by atoms with Crippen molar-refractivity contribution >= 4 is 17.4 Å². The van der Waals surface area contributed by atoms with Crippen molar-refractivity contribution in [2.75, 3.05) is 5.73 Å². The summed E-state index contributed by atoms with van der Waals surface area (Å²) in [5.41, 5.74) is 12.7. The van der Waals surface area contributed by atoms with E-state index >= 15 is 0 Å². The summed E-state index contributed by atoms with van der Waals surface area (Å²) in [6, 6.07) is 5.71. The maximum atomic E-state index is 12.8. The summed E-state index contributed by atoms with van der Waals surface area (Å²) in [5.74, 6) is 4.06. The molecule has 1 aliphatic carbocycles. The first-order valence-electron chi connectivity index (χ1n) is 6.06. The molecule has 2 atom stereocenters. The third-order valence-electron chi connectivity index (χ3n) is 3.40. The van der Waals surface area contributed by atoms with Gasteiger partial charge in [0.1, 0.15) is 0 Å². The van der Waals surface area contributed by atoms with Gasteiger partial charge in [0.05, 0.1) is 0 Å². The summed E-state index contributed by atoms with van der Waals surface area (Å²) < 4.78 is 0. The van der Waals surface area contributed by atoms with Crippen molar-refractivity contribution in [1.29, 1.82) is 0 Å². The predicted octanol–water partition coefficient (Wildman–Crippen LogP) is -0.119. The van der Waals surface area contributed by atoms with Gasteiger partial charge in [0.25, 0.3) is 5.91 Å². The summed E-state index contributed by atoms with van der Waals surface area (Å²) in [4.78, 5) is 25.0. The SMILES string of the molecule is NNC(=O)C1(C(=O)c2ccccc2N)C=CC=CC1N. The molecule has 7 N–H and O–H groups in total. The van der Waals surface area contributed by atoms with Crippen LogP contribution < -0.4 is 22.7 Å². The molecular weight excluding hydrogens is 256 g/mol. The van der Waals surface area contributed by atoms with Crippen LogP contribution >= 0.6 is 0 Å². The number of carbonyl (C=O) groups is 2. The molecule has 0 aromatic heterocycles. The average Bonchev–Trinajstić information content (AvgIpc) is 2.47. The van der Waals surface area contributed by atoms with Crippen LogP contribution in [0.3, 0.4) is 0 Å². The van der Waals surface area contributed by atoms with E-state index in [0.717, 1.165) is 0 Å². The molecule has 6 nitrogen and oxygen atoms in total. The number of anilines is 1. The van der Waals surface area contributed by atoms with Crippen LogP contribution in [0.5, 0.6) is 0 Å². The second-order valence-corrected chi connectivity index (χ2v) is 4.53. The number of amides is 1. The number of para-hydroxylation sites is 1. The van der Waals surface area contributed by atoms with Crippen LogP contribution in [0, 0.1) is 5.41 Å². The molecule has 2 rings (SSSR count). The van der Waals surface area contributed by atoms with Crippen molar-refractivity contribution in [3.05, 3.63) is 54.1 Å². The van der Waals surface area contributed by atoms with E-state index in [1.807, 2.05) is 5.43 Å². The molecule has 0 radical (unpaired) electrons. The van der Waals surface area contributed by atoms with Gasteiger partial charge in [-0.3, -0.25) is 15.0 Å². The van der Waals surface area contributed by atoms with E-state index in [4.69, 9.17) is 17.3 Å². The Morgan fingerprint density at radius 1 is 1.20 bits per heavy atom. The van der Waals surface area contributed by atoms with Crippen LogP contribution in [0.25, 0.3) is 0 Å². The smallest absolute Gasteiger partial charge is 0.253 e. The van der Waals surface area contributed by atoms with E-state index in [9.17, 15) is 9.59 Å². The zero-order valence-corrected chi connectivity index (χ0v) is 10.7. The first-order valence-corrected chi connectivity index (χ1v) is 6.06. The fourth-order valence-electron chi connectivity index (χ4n) is 2.26. The lowest BCUT2D eigenvalue weighted by atomic mass is 9.71. The summed E-state index contributed by atoms with van der Waals surface area (Å²) in [6.07, 6.45) is 6.30. The number of ketones is 1. The van der Waals surface area contributed by atoms with Crippen LogP contribution in [0.2, 0.25) is 0 Å². The summed E-state index contributed by atoms with van der Waals surface area (Å²) in [6.45, 7) is 0. The van der Waals surface area contributed by atoms with E-state index in [1.54, 1.807) is 42.5 Å². The Morgan fingerprint density at radius 3 is 2.50 bits per heavy atom. The maximum absolute atomic E-state index is 12.8. The van der Waals surface area contributed by atoms with E-state index in [0.29, 0.717) is 0 Å². The molecule has 1 amide bonds. The standard InChI is InChI=1S/C14H16N4O2/c15-10-6-2-1-5-9(10)12(19)14(13(20)18-17)8-4-3-7-11(14)16/h1-8,11H,15-17H2,(H,18,20). The summed E-state index contributed by atoms with van der Waals surface area (Å²) >= 11 is 0. The van der Waals surface area contributed by atoms with Crippen molar-refractivity contribution in [3.8, 4) is 0 Å². The molecule has 0 bridgehead atoms. The molecule has 0 saturated carbocycles. The van der Waals surface area contributed by atoms with Crippen molar-refractivity contribution in [3.63, 3.8) is 0 Å². The molecule has 104 valence electrons. The van der Waals surface area contributed by atoms with Gasteiger partial charge in [0, 0.05) is 17.3 Å². The van der Waals surface area contributed by atoms with Gasteiger partial charge in [0.15, 0.2) is 11.2 Å². The number of allylic oxidation sites excluding steroid dienone is 2. The third-order valence-corrected chi connectivity index (χ3v) is 3.40. The molecule has 0 aliphatic heterocycles. The Hall–Kier alpha value is -2.44. The monoisotopic (exact) mass is 272 g/mol. The molecule has 0 spiro atoms. The van der Waals surface area contributed by atoms with Gasteiger partial charge in [0.2, 0.25) is 0 Å². The second-order valence-electron chi connectivity index (χ2n) is 4.53. The topological polar surface area (TPSA) is 124 Å². The molecule has 1 aliphatic rings. The molecule has 6 heteroatoms. The molecule has 1 aromatic rings. The lowest BCUT2D eigenvalue weighted by molar-refractivity contribution is -0.127. The van der Waals surface area contributed by atoms with E-state index in [-0.39, 0.29) is 11.3 Å². The number of rotatable bonds is 3. The van der Waals surface area contributed by atoms with Crippen LogP contribution in [-0.4, -0.2) is 17.7 Å². The van der Waals surface area contributed by atoms with Crippen LogP contribution in [0.15, 0.2) is 48.6 Å². The van der Waals surface area contributed by atoms with Gasteiger partial charge in [-0.25, -0.2) is 5.84 Å². The van der Waals surface area contributed by atoms with Crippen LogP contribution in [0.4, 0.5) is 5.69 Å². The molecule has 0 fully saturated rings. The number of nitrogen functional groups attached to an aromatic ring is 1. The normalized spacial score (nSPS) is 24.4. The van der Waals surface area contributed by atoms with Gasteiger partial charge in [-0.1, -0.05) is 36.4 Å². The van der Waals surface area contributed by atoms with Gasteiger partial charge >= 0.3 is 0 Å². The highest BCUT2D eigenvalue weighted by molar-refractivity contribution is 6.18. The lowest BCUT2D eigenvalue weighted by Crippen LogP contribution is -2.57. The Kier molecular flexibility index (Phi) is 3.69. The fraction of sp³-hybridized carbons (Fsp3) is 0.143. The number of hydrogen-bond acceptors (Lipinski definition) is 5. The maximum Gasteiger partial charge on any atom is 0.253 e. The Labute approximate surface area is 116 Å². The van der Waals surface area contributed by atoms with Crippen molar-refractivity contribution in [2.45, 2.75) is 6.04 Å². The largest absolute Gasteiger partial charge is 0.398 e. The van der Waals surface area contributed by atoms with Gasteiger partial charge in [-0.15, -0.1) is 0 Å². The highest BCUT2D eigenvalue weighted by atomic mass is 16.2. The Bertz CT molecular complexity index is 609. The highest BCUT2D eigenvalue weighted by Crippen LogP contribution is 2.33. The van der Waals surface area contributed by atoms with Gasteiger partial charge in [-0.05, 0) is 12.1 Å².